The number of fused-ring (bicyclic) bond motifs is 1. The van der Waals surface area contributed by atoms with E-state index in [4.69, 9.17) is 16.0 Å². The number of nitrogens with zero attached hydrogens (tertiary/aromatic N) is 2. The number of halogens is 1. The molecule has 86 valence electrons. The fourth-order valence-corrected chi connectivity index (χ4v) is 2.34. The molecule has 0 aliphatic rings. The molecule has 0 atom stereocenters. The first kappa shape index (κ1) is 10.6. The summed E-state index contributed by atoms with van der Waals surface area (Å²) in [6, 6.07) is 7.77. The molecule has 0 amide bonds. The molecule has 0 saturated heterocycles. The fraction of sp³-hybridized carbons (Fsp3) is 0.0909. The number of hydrogen-bond acceptors (Lipinski definition) is 5. The van der Waals surface area contributed by atoms with Gasteiger partial charge in [0.05, 0.1) is 0 Å². The van der Waals surface area contributed by atoms with E-state index in [0.29, 0.717) is 11.8 Å². The second-order valence-corrected chi connectivity index (χ2v) is 4.62. The number of anilines is 1. The van der Waals surface area contributed by atoms with E-state index in [-0.39, 0.29) is 0 Å². The number of furan rings is 1. The Morgan fingerprint density at radius 2 is 2.24 bits per heavy atom. The van der Waals surface area contributed by atoms with Crippen LogP contribution in [0.5, 0.6) is 0 Å². The van der Waals surface area contributed by atoms with E-state index >= 15 is 0 Å². The molecule has 0 spiro atoms. The van der Waals surface area contributed by atoms with Gasteiger partial charge in [-0.3, -0.25) is 0 Å². The molecule has 6 heteroatoms. The molecule has 3 aromatic rings. The van der Waals surface area contributed by atoms with Crippen LogP contribution in [0.4, 0.5) is 5.13 Å². The van der Waals surface area contributed by atoms with Gasteiger partial charge in [0.25, 0.3) is 0 Å². The zero-order chi connectivity index (χ0) is 11.7. The SMILES string of the molecule is Clc1oc2ccccc2c1CNc1nncs1. The quantitative estimate of drug-likeness (QED) is 0.787. The zero-order valence-electron chi connectivity index (χ0n) is 8.68. The van der Waals surface area contributed by atoms with E-state index in [2.05, 4.69) is 15.5 Å². The highest BCUT2D eigenvalue weighted by Gasteiger charge is 2.11. The maximum atomic E-state index is 6.07. The van der Waals surface area contributed by atoms with Crippen LogP contribution in [-0.4, -0.2) is 10.2 Å². The van der Waals surface area contributed by atoms with E-state index in [1.54, 1.807) is 5.51 Å². The van der Waals surface area contributed by atoms with E-state index in [0.717, 1.165) is 21.7 Å². The van der Waals surface area contributed by atoms with Crippen LogP contribution in [-0.2, 0) is 6.54 Å². The number of benzene rings is 1. The summed E-state index contributed by atoms with van der Waals surface area (Å²) in [5.74, 6) is 0. The number of nitrogens with one attached hydrogen (secondary N) is 1. The summed E-state index contributed by atoms with van der Waals surface area (Å²) in [7, 11) is 0. The predicted octanol–water partition coefficient (Wildman–Crippen LogP) is 3.55. The van der Waals surface area contributed by atoms with Gasteiger partial charge in [-0.25, -0.2) is 0 Å². The van der Waals surface area contributed by atoms with Crippen molar-refractivity contribution in [1.82, 2.24) is 10.2 Å². The van der Waals surface area contributed by atoms with Gasteiger partial charge in [0.1, 0.15) is 11.1 Å². The predicted molar refractivity (Wildman–Crippen MR) is 68.5 cm³/mol. The monoisotopic (exact) mass is 265 g/mol. The van der Waals surface area contributed by atoms with E-state index in [1.807, 2.05) is 24.3 Å². The van der Waals surface area contributed by atoms with Crippen molar-refractivity contribution in [2.75, 3.05) is 5.32 Å². The number of hydrogen-bond donors (Lipinski definition) is 1. The van der Waals surface area contributed by atoms with Crippen molar-refractivity contribution in [2.24, 2.45) is 0 Å². The van der Waals surface area contributed by atoms with Crippen molar-refractivity contribution in [2.45, 2.75) is 6.54 Å². The van der Waals surface area contributed by atoms with Crippen molar-refractivity contribution >= 4 is 39.0 Å². The van der Waals surface area contributed by atoms with Crippen molar-refractivity contribution in [3.8, 4) is 0 Å². The highest BCUT2D eigenvalue weighted by molar-refractivity contribution is 7.13. The van der Waals surface area contributed by atoms with Gasteiger partial charge >= 0.3 is 0 Å². The lowest BCUT2D eigenvalue weighted by atomic mass is 10.2. The summed E-state index contributed by atoms with van der Waals surface area (Å²) in [6.07, 6.45) is 0. The average molecular weight is 266 g/mol. The maximum Gasteiger partial charge on any atom is 0.205 e. The molecule has 0 bridgehead atoms. The number of para-hydroxylation sites is 1. The highest BCUT2D eigenvalue weighted by atomic mass is 35.5. The molecule has 0 radical (unpaired) electrons. The highest BCUT2D eigenvalue weighted by Crippen LogP contribution is 2.30. The van der Waals surface area contributed by atoms with Gasteiger partial charge in [0.2, 0.25) is 5.13 Å². The summed E-state index contributed by atoms with van der Waals surface area (Å²) in [4.78, 5) is 0. The lowest BCUT2D eigenvalue weighted by Crippen LogP contribution is -1.98. The minimum Gasteiger partial charge on any atom is -0.444 e. The molecule has 0 aliphatic carbocycles. The van der Waals surface area contributed by atoms with Crippen LogP contribution >= 0.6 is 22.9 Å². The molecule has 2 heterocycles. The summed E-state index contributed by atoms with van der Waals surface area (Å²) in [5, 5.41) is 13.0. The van der Waals surface area contributed by atoms with Crippen LogP contribution in [0.25, 0.3) is 11.0 Å². The molecule has 0 aliphatic heterocycles. The number of rotatable bonds is 3. The van der Waals surface area contributed by atoms with Crippen LogP contribution < -0.4 is 5.32 Å². The third kappa shape index (κ3) is 1.99. The Labute approximate surface area is 106 Å². The molecule has 0 saturated carbocycles. The first-order valence-corrected chi connectivity index (χ1v) is 6.26. The minimum absolute atomic E-state index is 0.420. The Hall–Kier alpha value is -1.59. The molecule has 1 N–H and O–H groups in total. The molecular formula is C11H8ClN3OS. The average Bonchev–Trinajstić information content (AvgIpc) is 2.93. The van der Waals surface area contributed by atoms with E-state index in [1.165, 1.54) is 11.3 Å². The molecule has 17 heavy (non-hydrogen) atoms. The third-order valence-electron chi connectivity index (χ3n) is 2.43. The second-order valence-electron chi connectivity index (χ2n) is 3.45. The Balaban J connectivity index is 1.92. The molecule has 3 rings (SSSR count). The van der Waals surface area contributed by atoms with Gasteiger partial charge < -0.3 is 9.73 Å². The van der Waals surface area contributed by atoms with E-state index in [9.17, 15) is 0 Å². The molecular weight excluding hydrogens is 258 g/mol. The number of aromatic nitrogens is 2. The van der Waals surface area contributed by atoms with Crippen molar-refractivity contribution in [3.63, 3.8) is 0 Å². The van der Waals surface area contributed by atoms with Crippen LogP contribution in [0.2, 0.25) is 5.22 Å². The fourth-order valence-electron chi connectivity index (χ4n) is 1.65. The summed E-state index contributed by atoms with van der Waals surface area (Å²) >= 11 is 7.52. The topological polar surface area (TPSA) is 51.0 Å². The Bertz CT molecular complexity index is 635. The molecule has 2 aromatic heterocycles. The Kier molecular flexibility index (Phi) is 2.70. The Morgan fingerprint density at radius 3 is 3.06 bits per heavy atom. The molecule has 1 aromatic carbocycles. The largest absolute Gasteiger partial charge is 0.444 e. The lowest BCUT2D eigenvalue weighted by molar-refractivity contribution is 0.613. The van der Waals surface area contributed by atoms with Crippen LogP contribution in [0, 0.1) is 0 Å². The van der Waals surface area contributed by atoms with Gasteiger partial charge in [-0.1, -0.05) is 29.5 Å². The zero-order valence-corrected chi connectivity index (χ0v) is 10.3. The lowest BCUT2D eigenvalue weighted by Gasteiger charge is -2.00. The van der Waals surface area contributed by atoms with Gasteiger partial charge in [0.15, 0.2) is 5.22 Å². The summed E-state index contributed by atoms with van der Waals surface area (Å²) < 4.78 is 5.46. The maximum absolute atomic E-state index is 6.07. The van der Waals surface area contributed by atoms with Gasteiger partial charge in [0, 0.05) is 17.5 Å². The van der Waals surface area contributed by atoms with E-state index < -0.39 is 0 Å². The van der Waals surface area contributed by atoms with Crippen LogP contribution in [0.15, 0.2) is 34.2 Å². The molecule has 0 unspecified atom stereocenters. The minimum atomic E-state index is 0.420. The van der Waals surface area contributed by atoms with Gasteiger partial charge in [-0.15, -0.1) is 10.2 Å². The molecule has 0 fully saturated rings. The van der Waals surface area contributed by atoms with Crippen LogP contribution in [0.1, 0.15) is 5.56 Å². The van der Waals surface area contributed by atoms with Crippen molar-refractivity contribution in [1.29, 1.82) is 0 Å². The first-order valence-electron chi connectivity index (χ1n) is 5.00. The van der Waals surface area contributed by atoms with Gasteiger partial charge in [-0.2, -0.15) is 0 Å². The van der Waals surface area contributed by atoms with Crippen LogP contribution in [0.3, 0.4) is 0 Å². The molecule has 4 nitrogen and oxygen atoms in total. The normalized spacial score (nSPS) is 10.9. The summed E-state index contributed by atoms with van der Waals surface area (Å²) in [6.45, 7) is 0.574. The smallest absolute Gasteiger partial charge is 0.205 e. The summed E-state index contributed by atoms with van der Waals surface area (Å²) in [5.41, 5.74) is 3.42. The third-order valence-corrected chi connectivity index (χ3v) is 3.38. The van der Waals surface area contributed by atoms with Crippen molar-refractivity contribution < 1.29 is 4.42 Å². The first-order chi connectivity index (χ1) is 8.34. The standard InChI is InChI=1S/C11H8ClN3OS/c12-10-8(5-13-11-15-14-6-17-11)7-3-1-2-4-9(7)16-10/h1-4,6H,5H2,(H,13,15). The van der Waals surface area contributed by atoms with Gasteiger partial charge in [-0.05, 0) is 17.7 Å². The van der Waals surface area contributed by atoms with Crippen molar-refractivity contribution in [3.05, 3.63) is 40.6 Å². The second kappa shape index (κ2) is 4.35. The Morgan fingerprint density at radius 1 is 1.35 bits per heavy atom.